The topological polar surface area (TPSA) is 46.2 Å². The smallest absolute Gasteiger partial charge is 0.0691 e. The normalized spacial score (nSPS) is 16.8. The van der Waals surface area contributed by atoms with Gasteiger partial charge in [0.15, 0.2) is 0 Å². The van der Waals surface area contributed by atoms with Crippen molar-refractivity contribution in [2.24, 2.45) is 5.73 Å². The van der Waals surface area contributed by atoms with Crippen LogP contribution in [0.4, 0.5) is 0 Å². The van der Waals surface area contributed by atoms with Crippen molar-refractivity contribution in [3.63, 3.8) is 0 Å². The van der Waals surface area contributed by atoms with Gasteiger partial charge in [0.2, 0.25) is 0 Å². The summed E-state index contributed by atoms with van der Waals surface area (Å²) in [5, 5.41) is 9.32. The van der Waals surface area contributed by atoms with E-state index in [4.69, 9.17) is 5.73 Å². The summed E-state index contributed by atoms with van der Waals surface area (Å²) in [6.07, 6.45) is 3.55. The van der Waals surface area contributed by atoms with E-state index in [9.17, 15) is 5.11 Å². The van der Waals surface area contributed by atoms with Crippen molar-refractivity contribution in [3.8, 4) is 0 Å². The molecule has 0 saturated carbocycles. The molecular formula is C8H19NO. The molecule has 0 fully saturated rings. The van der Waals surface area contributed by atoms with E-state index in [2.05, 4.69) is 13.8 Å². The van der Waals surface area contributed by atoms with Crippen molar-refractivity contribution in [1.29, 1.82) is 0 Å². The highest BCUT2D eigenvalue weighted by Gasteiger charge is 2.11. The largest absolute Gasteiger partial charge is 0.392 e. The van der Waals surface area contributed by atoms with Gasteiger partial charge in [-0.3, -0.25) is 0 Å². The van der Waals surface area contributed by atoms with E-state index in [0.717, 1.165) is 25.7 Å². The second-order valence-corrected chi connectivity index (χ2v) is 2.81. The average Bonchev–Trinajstić information content (AvgIpc) is 1.89. The summed E-state index contributed by atoms with van der Waals surface area (Å²) in [6.45, 7) is 4.14. The lowest BCUT2D eigenvalue weighted by molar-refractivity contribution is 0.130. The maximum atomic E-state index is 9.32. The molecule has 0 aromatic carbocycles. The summed E-state index contributed by atoms with van der Waals surface area (Å²) in [6, 6.07) is -0.00931. The lowest BCUT2D eigenvalue weighted by atomic mass is 10.0. The van der Waals surface area contributed by atoms with Crippen LogP contribution >= 0.6 is 0 Å². The fraction of sp³-hybridized carbons (Fsp3) is 1.00. The Bertz CT molecular complexity index is 65.7. The third kappa shape index (κ3) is 3.85. The molecule has 0 aliphatic rings. The maximum Gasteiger partial charge on any atom is 0.0691 e. The third-order valence-corrected chi connectivity index (χ3v) is 1.70. The van der Waals surface area contributed by atoms with Gasteiger partial charge in [0.05, 0.1) is 6.10 Å². The fourth-order valence-electron chi connectivity index (χ4n) is 1.04. The van der Waals surface area contributed by atoms with Gasteiger partial charge in [-0.1, -0.05) is 26.7 Å². The van der Waals surface area contributed by atoms with Crippen molar-refractivity contribution in [2.45, 2.75) is 51.7 Å². The third-order valence-electron chi connectivity index (χ3n) is 1.70. The molecule has 0 radical (unpaired) electrons. The predicted octanol–water partition coefficient (Wildman–Crippen LogP) is 1.27. The van der Waals surface area contributed by atoms with Crippen LogP contribution < -0.4 is 5.73 Å². The standard InChI is InChI=1S/C8H19NO/c1-3-5-7(9)8(10)6-4-2/h7-8,10H,3-6,9H2,1-2H3/t7-,8-/m1/s1. The van der Waals surface area contributed by atoms with Crippen LogP contribution in [0.5, 0.6) is 0 Å². The molecule has 2 heteroatoms. The Morgan fingerprint density at radius 1 is 1.20 bits per heavy atom. The van der Waals surface area contributed by atoms with Crippen molar-refractivity contribution < 1.29 is 5.11 Å². The Balaban J connectivity index is 3.38. The van der Waals surface area contributed by atoms with Gasteiger partial charge >= 0.3 is 0 Å². The fourth-order valence-corrected chi connectivity index (χ4v) is 1.04. The molecule has 62 valence electrons. The molecule has 0 aromatic rings. The molecule has 0 spiro atoms. The molecule has 0 rings (SSSR count). The molecule has 0 aliphatic carbocycles. The number of rotatable bonds is 5. The first-order valence-electron chi connectivity index (χ1n) is 4.16. The van der Waals surface area contributed by atoms with Crippen LogP contribution in [-0.2, 0) is 0 Å². The molecule has 0 amide bonds. The SMILES string of the molecule is CCC[C@@H](N)[C@H](O)CCC. The summed E-state index contributed by atoms with van der Waals surface area (Å²) in [7, 11) is 0. The summed E-state index contributed by atoms with van der Waals surface area (Å²) in [5.74, 6) is 0. The number of nitrogens with two attached hydrogens (primary N) is 1. The Morgan fingerprint density at radius 2 is 1.70 bits per heavy atom. The summed E-state index contributed by atoms with van der Waals surface area (Å²) >= 11 is 0. The lowest BCUT2D eigenvalue weighted by Gasteiger charge is -2.16. The van der Waals surface area contributed by atoms with Crippen LogP contribution in [0.1, 0.15) is 39.5 Å². The minimum absolute atomic E-state index is 0.00931. The number of hydrogen-bond donors (Lipinski definition) is 2. The van der Waals surface area contributed by atoms with E-state index in [1.54, 1.807) is 0 Å². The summed E-state index contributed by atoms with van der Waals surface area (Å²) in [4.78, 5) is 0. The second-order valence-electron chi connectivity index (χ2n) is 2.81. The van der Waals surface area contributed by atoms with E-state index in [1.807, 2.05) is 0 Å². The zero-order valence-electron chi connectivity index (χ0n) is 7.01. The van der Waals surface area contributed by atoms with Crippen LogP contribution in [-0.4, -0.2) is 17.3 Å². The summed E-state index contributed by atoms with van der Waals surface area (Å²) < 4.78 is 0. The maximum absolute atomic E-state index is 9.32. The molecule has 0 bridgehead atoms. The first-order chi connectivity index (χ1) is 4.72. The van der Waals surface area contributed by atoms with Crippen molar-refractivity contribution in [2.75, 3.05) is 0 Å². The minimum Gasteiger partial charge on any atom is -0.392 e. The molecule has 2 nitrogen and oxygen atoms in total. The van der Waals surface area contributed by atoms with E-state index in [-0.39, 0.29) is 12.1 Å². The quantitative estimate of drug-likeness (QED) is 0.612. The van der Waals surface area contributed by atoms with Gasteiger partial charge in [-0.05, 0) is 12.8 Å². The van der Waals surface area contributed by atoms with E-state index in [1.165, 1.54) is 0 Å². The second kappa shape index (κ2) is 5.69. The van der Waals surface area contributed by atoms with Gasteiger partial charge in [-0.15, -0.1) is 0 Å². The molecule has 2 atom stereocenters. The zero-order valence-corrected chi connectivity index (χ0v) is 7.01. The van der Waals surface area contributed by atoms with E-state index < -0.39 is 0 Å². The highest BCUT2D eigenvalue weighted by molar-refractivity contribution is 4.69. The number of aliphatic hydroxyl groups excluding tert-OH is 1. The Labute approximate surface area is 63.4 Å². The highest BCUT2D eigenvalue weighted by atomic mass is 16.3. The molecule has 0 heterocycles. The van der Waals surface area contributed by atoms with Gasteiger partial charge in [0, 0.05) is 6.04 Å². The van der Waals surface area contributed by atoms with Crippen LogP contribution in [0.3, 0.4) is 0 Å². The van der Waals surface area contributed by atoms with Crippen LogP contribution in [0.2, 0.25) is 0 Å². The van der Waals surface area contributed by atoms with E-state index >= 15 is 0 Å². The van der Waals surface area contributed by atoms with E-state index in [0.29, 0.717) is 0 Å². The summed E-state index contributed by atoms with van der Waals surface area (Å²) in [5.41, 5.74) is 5.66. The van der Waals surface area contributed by atoms with Gasteiger partial charge < -0.3 is 10.8 Å². The van der Waals surface area contributed by atoms with Crippen LogP contribution in [0, 0.1) is 0 Å². The predicted molar refractivity (Wildman–Crippen MR) is 43.8 cm³/mol. The molecule has 0 unspecified atom stereocenters. The van der Waals surface area contributed by atoms with Crippen molar-refractivity contribution in [3.05, 3.63) is 0 Å². The highest BCUT2D eigenvalue weighted by Crippen LogP contribution is 2.04. The number of aliphatic hydroxyl groups is 1. The molecule has 3 N–H and O–H groups in total. The van der Waals surface area contributed by atoms with Gasteiger partial charge in [-0.25, -0.2) is 0 Å². The lowest BCUT2D eigenvalue weighted by Crippen LogP contribution is -2.34. The first-order valence-corrected chi connectivity index (χ1v) is 4.16. The zero-order chi connectivity index (χ0) is 7.98. The van der Waals surface area contributed by atoms with Crippen LogP contribution in [0.15, 0.2) is 0 Å². The molecule has 0 aromatic heterocycles. The van der Waals surface area contributed by atoms with Crippen molar-refractivity contribution >= 4 is 0 Å². The Kier molecular flexibility index (Phi) is 5.64. The van der Waals surface area contributed by atoms with Gasteiger partial charge in [0.25, 0.3) is 0 Å². The monoisotopic (exact) mass is 145 g/mol. The molecule has 0 aliphatic heterocycles. The minimum atomic E-state index is -0.287. The van der Waals surface area contributed by atoms with Crippen molar-refractivity contribution in [1.82, 2.24) is 0 Å². The Morgan fingerprint density at radius 3 is 2.10 bits per heavy atom. The first kappa shape index (κ1) is 9.92. The molecular weight excluding hydrogens is 126 g/mol. The van der Waals surface area contributed by atoms with Gasteiger partial charge in [0.1, 0.15) is 0 Å². The van der Waals surface area contributed by atoms with Crippen LogP contribution in [0.25, 0.3) is 0 Å². The molecule has 0 saturated heterocycles. The number of hydrogen-bond acceptors (Lipinski definition) is 2. The van der Waals surface area contributed by atoms with Gasteiger partial charge in [-0.2, -0.15) is 0 Å². The Hall–Kier alpha value is -0.0800. The molecule has 10 heavy (non-hydrogen) atoms. The average molecular weight is 145 g/mol.